The van der Waals surface area contributed by atoms with Crippen LogP contribution >= 0.6 is 0 Å². The topological polar surface area (TPSA) is 15.3 Å². The zero-order valence-electron chi connectivity index (χ0n) is 11.9. The predicted octanol–water partition coefficient (Wildman–Crippen LogP) is 3.04. The second kappa shape index (κ2) is 5.60. The fourth-order valence-electron chi connectivity index (χ4n) is 3.28. The number of halogens is 3. The van der Waals surface area contributed by atoms with Gasteiger partial charge in [0.05, 0.1) is 5.92 Å². The third-order valence-corrected chi connectivity index (χ3v) is 4.82. The Morgan fingerprint density at radius 2 is 1.84 bits per heavy atom. The van der Waals surface area contributed by atoms with Gasteiger partial charge in [-0.25, -0.2) is 0 Å². The van der Waals surface area contributed by atoms with Crippen molar-refractivity contribution in [1.29, 1.82) is 0 Å². The molecule has 0 bridgehead atoms. The average Bonchev–Trinajstić information content (AvgIpc) is 2.31. The lowest BCUT2D eigenvalue weighted by atomic mass is 9.77. The van der Waals surface area contributed by atoms with Crippen molar-refractivity contribution in [1.82, 2.24) is 10.2 Å². The summed E-state index contributed by atoms with van der Waals surface area (Å²) in [5.74, 6) is -1.09. The molecule has 0 aromatic carbocycles. The molecule has 0 aromatic heterocycles. The number of rotatable bonds is 2. The minimum atomic E-state index is -4.01. The van der Waals surface area contributed by atoms with Gasteiger partial charge in [0, 0.05) is 12.6 Å². The highest BCUT2D eigenvalue weighted by Crippen LogP contribution is 2.35. The van der Waals surface area contributed by atoms with E-state index in [1.165, 1.54) is 12.8 Å². The minimum absolute atomic E-state index is 0.249. The van der Waals surface area contributed by atoms with Gasteiger partial charge in [0.2, 0.25) is 0 Å². The lowest BCUT2D eigenvalue weighted by Crippen LogP contribution is -2.54. The van der Waals surface area contributed by atoms with Crippen molar-refractivity contribution in [3.05, 3.63) is 0 Å². The second-order valence-corrected chi connectivity index (χ2v) is 6.72. The Morgan fingerprint density at radius 1 is 1.21 bits per heavy atom. The number of alkyl halides is 3. The summed E-state index contributed by atoms with van der Waals surface area (Å²) in [6.45, 7) is 7.60. The number of piperidine rings is 2. The van der Waals surface area contributed by atoms with Crippen LogP contribution < -0.4 is 5.32 Å². The molecule has 0 aromatic rings. The first kappa shape index (κ1) is 15.1. The molecule has 0 saturated carbocycles. The van der Waals surface area contributed by atoms with Crippen LogP contribution in [-0.2, 0) is 0 Å². The van der Waals surface area contributed by atoms with Gasteiger partial charge in [-0.1, -0.05) is 13.8 Å². The quantitative estimate of drug-likeness (QED) is 0.835. The maximum Gasteiger partial charge on any atom is 0.391 e. The molecule has 1 N–H and O–H groups in total. The largest absolute Gasteiger partial charge is 0.391 e. The van der Waals surface area contributed by atoms with Crippen LogP contribution in [-0.4, -0.2) is 43.3 Å². The van der Waals surface area contributed by atoms with Crippen LogP contribution in [0.3, 0.4) is 0 Å². The maximum absolute atomic E-state index is 12.6. The Bertz CT molecular complexity index is 294. The van der Waals surface area contributed by atoms with E-state index in [1.54, 1.807) is 0 Å². The molecule has 0 spiro atoms. The molecule has 2 nitrogen and oxygen atoms in total. The summed E-state index contributed by atoms with van der Waals surface area (Å²) in [5.41, 5.74) is 0.249. The molecule has 2 saturated heterocycles. The van der Waals surface area contributed by atoms with Crippen molar-refractivity contribution in [2.45, 2.75) is 51.7 Å². The number of nitrogens with one attached hydrogen (secondary N) is 1. The van der Waals surface area contributed by atoms with E-state index in [-0.39, 0.29) is 18.3 Å². The van der Waals surface area contributed by atoms with Crippen LogP contribution in [0.5, 0.6) is 0 Å². The zero-order chi connectivity index (χ0) is 14.1. The van der Waals surface area contributed by atoms with Crippen molar-refractivity contribution in [3.63, 3.8) is 0 Å². The summed E-state index contributed by atoms with van der Waals surface area (Å²) in [7, 11) is 0. The number of hydrogen-bond donors (Lipinski definition) is 1. The molecule has 0 radical (unpaired) electrons. The van der Waals surface area contributed by atoms with Gasteiger partial charge < -0.3 is 10.2 Å². The lowest BCUT2D eigenvalue weighted by Gasteiger charge is -2.43. The monoisotopic (exact) mass is 278 g/mol. The van der Waals surface area contributed by atoms with E-state index >= 15 is 0 Å². The first-order valence-electron chi connectivity index (χ1n) is 7.31. The van der Waals surface area contributed by atoms with Crippen LogP contribution in [0, 0.1) is 11.3 Å². The lowest BCUT2D eigenvalue weighted by molar-refractivity contribution is -0.185. The van der Waals surface area contributed by atoms with Crippen molar-refractivity contribution in [2.75, 3.05) is 26.2 Å². The second-order valence-electron chi connectivity index (χ2n) is 6.72. The molecule has 0 aliphatic carbocycles. The molecule has 19 heavy (non-hydrogen) atoms. The van der Waals surface area contributed by atoms with Gasteiger partial charge in [-0.3, -0.25) is 0 Å². The first-order valence-corrected chi connectivity index (χ1v) is 7.31. The van der Waals surface area contributed by atoms with Gasteiger partial charge in [-0.2, -0.15) is 13.2 Å². The average molecular weight is 278 g/mol. The molecule has 2 heterocycles. The van der Waals surface area contributed by atoms with Crippen LogP contribution in [0.4, 0.5) is 13.2 Å². The molecule has 1 atom stereocenters. The van der Waals surface area contributed by atoms with Gasteiger partial charge in [0.15, 0.2) is 0 Å². The van der Waals surface area contributed by atoms with Crippen LogP contribution in [0.15, 0.2) is 0 Å². The fourth-order valence-corrected chi connectivity index (χ4v) is 3.28. The standard InChI is InChI=1S/C14H25F3N2/c1-13(2)6-3-7-18-12(13)10-19-8-4-11(5-9-19)14(15,16)17/h11-12,18H,3-10H2,1-2H3. The van der Waals surface area contributed by atoms with E-state index in [9.17, 15) is 13.2 Å². The van der Waals surface area contributed by atoms with Gasteiger partial charge in [0.25, 0.3) is 0 Å². The molecule has 0 amide bonds. The number of likely N-dealkylation sites (tertiary alicyclic amines) is 1. The zero-order valence-corrected chi connectivity index (χ0v) is 11.9. The van der Waals surface area contributed by atoms with Crippen molar-refractivity contribution < 1.29 is 13.2 Å². The normalized spacial score (nSPS) is 30.5. The highest BCUT2D eigenvalue weighted by molar-refractivity contribution is 4.91. The predicted molar refractivity (Wildman–Crippen MR) is 70.0 cm³/mol. The van der Waals surface area contributed by atoms with E-state index < -0.39 is 12.1 Å². The Labute approximate surface area is 113 Å². The highest BCUT2D eigenvalue weighted by Gasteiger charge is 2.42. The Kier molecular flexibility index (Phi) is 4.45. The molecule has 2 rings (SSSR count). The first-order chi connectivity index (χ1) is 8.79. The summed E-state index contributed by atoms with van der Waals surface area (Å²) in [6.07, 6.45) is -1.09. The maximum atomic E-state index is 12.6. The molecule has 112 valence electrons. The van der Waals surface area contributed by atoms with Crippen LogP contribution in [0.2, 0.25) is 0 Å². The SMILES string of the molecule is CC1(C)CCCNC1CN1CCC(C(F)(F)F)CC1. The van der Waals surface area contributed by atoms with E-state index in [4.69, 9.17) is 0 Å². The third-order valence-electron chi connectivity index (χ3n) is 4.82. The molecule has 2 aliphatic rings. The van der Waals surface area contributed by atoms with Crippen molar-refractivity contribution in [3.8, 4) is 0 Å². The van der Waals surface area contributed by atoms with Crippen LogP contribution in [0.1, 0.15) is 39.5 Å². The summed E-state index contributed by atoms with van der Waals surface area (Å²) >= 11 is 0. The van der Waals surface area contributed by atoms with E-state index in [1.807, 2.05) is 0 Å². The third kappa shape index (κ3) is 3.85. The molecule has 5 heteroatoms. The van der Waals surface area contributed by atoms with E-state index in [0.717, 1.165) is 13.1 Å². The van der Waals surface area contributed by atoms with Crippen molar-refractivity contribution >= 4 is 0 Å². The number of nitrogens with zero attached hydrogens (tertiary/aromatic N) is 1. The molecule has 1 unspecified atom stereocenters. The van der Waals surface area contributed by atoms with Gasteiger partial charge >= 0.3 is 6.18 Å². The Hall–Kier alpha value is -0.290. The summed E-state index contributed by atoms with van der Waals surface area (Å²) in [4.78, 5) is 2.20. The highest BCUT2D eigenvalue weighted by atomic mass is 19.4. The molecule has 2 aliphatic heterocycles. The van der Waals surface area contributed by atoms with Crippen LogP contribution in [0.25, 0.3) is 0 Å². The summed E-state index contributed by atoms with van der Waals surface area (Å²) in [5, 5.41) is 3.53. The van der Waals surface area contributed by atoms with E-state index in [2.05, 4.69) is 24.1 Å². The smallest absolute Gasteiger partial charge is 0.312 e. The number of hydrogen-bond acceptors (Lipinski definition) is 2. The van der Waals surface area contributed by atoms with E-state index in [0.29, 0.717) is 19.1 Å². The molecule has 2 fully saturated rings. The van der Waals surface area contributed by atoms with Gasteiger partial charge in [0.1, 0.15) is 0 Å². The van der Waals surface area contributed by atoms with Gasteiger partial charge in [-0.05, 0) is 50.7 Å². The van der Waals surface area contributed by atoms with Crippen molar-refractivity contribution in [2.24, 2.45) is 11.3 Å². The summed E-state index contributed by atoms with van der Waals surface area (Å²) in [6, 6.07) is 0.406. The minimum Gasteiger partial charge on any atom is -0.312 e. The Morgan fingerprint density at radius 3 is 2.37 bits per heavy atom. The Balaban J connectivity index is 1.82. The molecular weight excluding hydrogens is 253 g/mol. The molecular formula is C14H25F3N2. The summed E-state index contributed by atoms with van der Waals surface area (Å²) < 4.78 is 37.9. The van der Waals surface area contributed by atoms with Gasteiger partial charge in [-0.15, -0.1) is 0 Å². The fraction of sp³-hybridized carbons (Fsp3) is 1.00.